The summed E-state index contributed by atoms with van der Waals surface area (Å²) in [6.07, 6.45) is 9.83. The van der Waals surface area contributed by atoms with Crippen molar-refractivity contribution in [3.63, 3.8) is 0 Å². The molecule has 3 amide bonds. The molecule has 0 bridgehead atoms. The Labute approximate surface area is 228 Å². The molecule has 1 aromatic carbocycles. The molecule has 1 saturated heterocycles. The highest BCUT2D eigenvalue weighted by atomic mass is 16.2. The number of likely N-dealkylation sites (N-methyl/N-ethyl adjacent to an activating group) is 1. The fourth-order valence-corrected chi connectivity index (χ4v) is 4.87. The maximum atomic E-state index is 12.8. The number of carbonyl (C=O) groups excluding carboxylic acids is 2. The Balaban J connectivity index is 1.23. The molecule has 1 saturated carbocycles. The first-order chi connectivity index (χ1) is 19.0. The fraction of sp³-hybridized carbons (Fsp3) is 0.429. The number of aromatic amines is 1. The van der Waals surface area contributed by atoms with Crippen LogP contribution in [0.25, 0.3) is 11.0 Å². The molecule has 2 fully saturated rings. The van der Waals surface area contributed by atoms with Crippen LogP contribution in [0.2, 0.25) is 0 Å². The van der Waals surface area contributed by atoms with Gasteiger partial charge in [-0.05, 0) is 70.0 Å². The summed E-state index contributed by atoms with van der Waals surface area (Å²) in [6.45, 7) is 4.63. The number of likely N-dealkylation sites (tertiary alicyclic amines) is 1. The number of nitrogens with one attached hydrogen (secondary N) is 5. The van der Waals surface area contributed by atoms with E-state index in [9.17, 15) is 9.59 Å². The largest absolute Gasteiger partial charge is 0.363 e. The van der Waals surface area contributed by atoms with Crippen molar-refractivity contribution in [2.24, 2.45) is 0 Å². The lowest BCUT2D eigenvalue weighted by Crippen LogP contribution is -2.44. The van der Waals surface area contributed by atoms with Crippen LogP contribution < -0.4 is 21.3 Å². The van der Waals surface area contributed by atoms with Crippen LogP contribution in [0.3, 0.4) is 0 Å². The maximum Gasteiger partial charge on any atom is 0.319 e. The molecule has 0 unspecified atom stereocenters. The molecule has 1 aliphatic heterocycles. The van der Waals surface area contributed by atoms with E-state index in [1.54, 1.807) is 12.3 Å². The minimum Gasteiger partial charge on any atom is -0.363 e. The predicted molar refractivity (Wildman–Crippen MR) is 154 cm³/mol. The zero-order valence-corrected chi connectivity index (χ0v) is 22.5. The summed E-state index contributed by atoms with van der Waals surface area (Å²) in [5.74, 6) is 0.766. The summed E-state index contributed by atoms with van der Waals surface area (Å²) in [4.78, 5) is 33.2. The standard InChI is InChI=1S/C28H37N9O2/c1-3-29-28(39)33-20-10-8-19(9-11-20)31-23-14-15-30-26-25(23)27(35-34-26)32-21-6-4-17-37(18-21)24(38)7-5-16-36(2)22-12-13-22/h5,7-11,14-15,21-22H,3-4,6,12-13,16-18H2,1-2H3,(H2,29,33,39)(H3,30,31,32,34,35)/b7-5+/t21-/m1/s1. The Morgan fingerprint density at radius 2 is 1.95 bits per heavy atom. The average Bonchev–Trinajstić information content (AvgIpc) is 3.71. The SMILES string of the molecule is CCNC(=O)Nc1ccc(Nc2ccnc3[nH]nc(N[C@@H]4CCCN(C(=O)/C=C/CN(C)C5CC5)C4)c23)cc1. The number of rotatable bonds is 10. The lowest BCUT2D eigenvalue weighted by molar-refractivity contribution is -0.127. The van der Waals surface area contributed by atoms with Crippen molar-refractivity contribution in [2.75, 3.05) is 49.2 Å². The first kappa shape index (κ1) is 26.5. The number of hydrogen-bond donors (Lipinski definition) is 5. The highest BCUT2D eigenvalue weighted by Crippen LogP contribution is 2.31. The van der Waals surface area contributed by atoms with Crippen LogP contribution in [0, 0.1) is 0 Å². The summed E-state index contributed by atoms with van der Waals surface area (Å²) in [5.41, 5.74) is 3.10. The quantitative estimate of drug-likeness (QED) is 0.251. The zero-order chi connectivity index (χ0) is 27.2. The molecule has 5 rings (SSSR count). The lowest BCUT2D eigenvalue weighted by atomic mass is 10.1. The number of urea groups is 1. The van der Waals surface area contributed by atoms with Gasteiger partial charge in [0.1, 0.15) is 0 Å². The van der Waals surface area contributed by atoms with Crippen molar-refractivity contribution in [3.05, 3.63) is 48.7 Å². The number of nitrogens with zero attached hydrogens (tertiary/aromatic N) is 4. The molecule has 11 nitrogen and oxygen atoms in total. The van der Waals surface area contributed by atoms with Crippen LogP contribution in [0.5, 0.6) is 0 Å². The van der Waals surface area contributed by atoms with Crippen molar-refractivity contribution in [3.8, 4) is 0 Å². The molecule has 2 aliphatic rings. The second kappa shape index (κ2) is 12.2. The third kappa shape index (κ3) is 6.85. The van der Waals surface area contributed by atoms with Gasteiger partial charge in [0.25, 0.3) is 0 Å². The van der Waals surface area contributed by atoms with Crippen molar-refractivity contribution < 1.29 is 9.59 Å². The molecular formula is C28H37N9O2. The second-order valence-corrected chi connectivity index (χ2v) is 10.2. The Morgan fingerprint density at radius 3 is 2.72 bits per heavy atom. The highest BCUT2D eigenvalue weighted by Gasteiger charge is 2.26. The normalized spacial score (nSPS) is 17.5. The van der Waals surface area contributed by atoms with Crippen LogP contribution in [-0.2, 0) is 4.79 Å². The van der Waals surface area contributed by atoms with Gasteiger partial charge >= 0.3 is 6.03 Å². The van der Waals surface area contributed by atoms with Crippen LogP contribution >= 0.6 is 0 Å². The highest BCUT2D eigenvalue weighted by molar-refractivity contribution is 5.99. The van der Waals surface area contributed by atoms with Gasteiger partial charge in [-0.3, -0.25) is 14.8 Å². The Morgan fingerprint density at radius 1 is 1.15 bits per heavy atom. The molecule has 1 atom stereocenters. The number of pyridine rings is 1. The Hall–Kier alpha value is -4.12. The second-order valence-electron chi connectivity index (χ2n) is 10.2. The molecule has 0 radical (unpaired) electrons. The summed E-state index contributed by atoms with van der Waals surface area (Å²) in [7, 11) is 2.11. The van der Waals surface area contributed by atoms with Crippen molar-refractivity contribution in [1.29, 1.82) is 0 Å². The minimum absolute atomic E-state index is 0.0618. The molecular weight excluding hydrogens is 494 g/mol. The number of benzene rings is 1. The molecule has 5 N–H and O–H groups in total. The van der Waals surface area contributed by atoms with E-state index in [2.05, 4.69) is 48.4 Å². The number of hydrogen-bond acceptors (Lipinski definition) is 7. The monoisotopic (exact) mass is 531 g/mol. The molecule has 0 spiro atoms. The molecule has 206 valence electrons. The summed E-state index contributed by atoms with van der Waals surface area (Å²) < 4.78 is 0. The number of piperidine rings is 1. The average molecular weight is 532 g/mol. The smallest absolute Gasteiger partial charge is 0.319 e. The number of H-pyrrole nitrogens is 1. The van der Waals surface area contributed by atoms with E-state index in [4.69, 9.17) is 0 Å². The maximum absolute atomic E-state index is 12.8. The van der Waals surface area contributed by atoms with Gasteiger partial charge in [-0.25, -0.2) is 9.78 Å². The van der Waals surface area contributed by atoms with E-state index in [0.29, 0.717) is 36.3 Å². The number of fused-ring (bicyclic) bond motifs is 1. The molecule has 3 heterocycles. The molecule has 3 aromatic rings. The summed E-state index contributed by atoms with van der Waals surface area (Å²) >= 11 is 0. The van der Waals surface area contributed by atoms with Gasteiger partial charge in [0, 0.05) is 61.9 Å². The molecule has 11 heteroatoms. The van der Waals surface area contributed by atoms with Crippen molar-refractivity contribution >= 4 is 45.9 Å². The van der Waals surface area contributed by atoms with Gasteiger partial charge in [-0.2, -0.15) is 5.10 Å². The molecule has 39 heavy (non-hydrogen) atoms. The first-order valence-corrected chi connectivity index (χ1v) is 13.7. The predicted octanol–water partition coefficient (Wildman–Crippen LogP) is 3.90. The van der Waals surface area contributed by atoms with Crippen LogP contribution in [0.4, 0.5) is 27.7 Å². The van der Waals surface area contributed by atoms with E-state index in [0.717, 1.165) is 42.7 Å². The van der Waals surface area contributed by atoms with Crippen molar-refractivity contribution in [1.82, 2.24) is 30.3 Å². The Kier molecular flexibility index (Phi) is 8.26. The van der Waals surface area contributed by atoms with E-state index < -0.39 is 0 Å². The number of anilines is 4. The molecule has 2 aromatic heterocycles. The number of carbonyl (C=O) groups is 2. The molecule has 1 aliphatic carbocycles. The van der Waals surface area contributed by atoms with Gasteiger partial charge in [0.2, 0.25) is 5.91 Å². The van der Waals surface area contributed by atoms with Gasteiger partial charge in [0.15, 0.2) is 11.5 Å². The van der Waals surface area contributed by atoms with Gasteiger partial charge in [-0.15, -0.1) is 0 Å². The van der Waals surface area contributed by atoms with Crippen LogP contribution in [0.15, 0.2) is 48.7 Å². The van der Waals surface area contributed by atoms with E-state index in [-0.39, 0.29) is 18.0 Å². The lowest BCUT2D eigenvalue weighted by Gasteiger charge is -2.32. The van der Waals surface area contributed by atoms with Gasteiger partial charge in [0.05, 0.1) is 11.1 Å². The third-order valence-electron chi connectivity index (χ3n) is 7.12. The van der Waals surface area contributed by atoms with Crippen molar-refractivity contribution in [2.45, 2.75) is 44.7 Å². The minimum atomic E-state index is -0.233. The Bertz CT molecular complexity index is 1320. The topological polar surface area (TPSA) is 130 Å². The van der Waals surface area contributed by atoms with Gasteiger partial charge in [-0.1, -0.05) is 6.08 Å². The van der Waals surface area contributed by atoms with E-state index in [1.807, 2.05) is 48.2 Å². The third-order valence-corrected chi connectivity index (χ3v) is 7.12. The number of aromatic nitrogens is 3. The van der Waals surface area contributed by atoms with Gasteiger partial charge < -0.3 is 26.2 Å². The number of amides is 3. The fourth-order valence-electron chi connectivity index (χ4n) is 4.87. The zero-order valence-electron chi connectivity index (χ0n) is 22.5. The van der Waals surface area contributed by atoms with Crippen LogP contribution in [-0.4, -0.2) is 82.2 Å². The van der Waals surface area contributed by atoms with E-state index in [1.165, 1.54) is 12.8 Å². The van der Waals surface area contributed by atoms with Crippen LogP contribution in [0.1, 0.15) is 32.6 Å². The summed E-state index contributed by atoms with van der Waals surface area (Å²) in [5, 5.41) is 20.9. The van der Waals surface area contributed by atoms with E-state index >= 15 is 0 Å². The summed E-state index contributed by atoms with van der Waals surface area (Å²) in [6, 6.07) is 9.94. The first-order valence-electron chi connectivity index (χ1n) is 13.7.